The van der Waals surface area contributed by atoms with Crippen LogP contribution < -0.4 is 15.4 Å². The molecule has 0 aliphatic heterocycles. The zero-order chi connectivity index (χ0) is 15.1. The lowest BCUT2D eigenvalue weighted by Crippen LogP contribution is -2.27. The van der Waals surface area contributed by atoms with Crippen molar-refractivity contribution in [2.75, 3.05) is 31.4 Å². The van der Waals surface area contributed by atoms with E-state index in [2.05, 4.69) is 20.6 Å². The van der Waals surface area contributed by atoms with E-state index in [9.17, 15) is 5.11 Å². The number of hydrogen-bond acceptors (Lipinski definition) is 6. The van der Waals surface area contributed by atoms with Crippen LogP contribution in [0.4, 0.5) is 11.6 Å². The number of aromatic nitrogens is 2. The lowest BCUT2D eigenvalue weighted by Gasteiger charge is -2.19. The van der Waals surface area contributed by atoms with Crippen molar-refractivity contribution >= 4 is 11.6 Å². The minimum atomic E-state index is -0.152. The summed E-state index contributed by atoms with van der Waals surface area (Å²) in [4.78, 5) is 8.29. The summed E-state index contributed by atoms with van der Waals surface area (Å²) in [5, 5.41) is 15.7. The van der Waals surface area contributed by atoms with Crippen molar-refractivity contribution in [3.63, 3.8) is 0 Å². The molecule has 0 saturated carbocycles. The molecular weight excluding hydrogens is 268 g/mol. The molecule has 6 heteroatoms. The first-order chi connectivity index (χ1) is 10.3. The Bertz CT molecular complexity index is 563. The molecule has 3 N–H and O–H groups in total. The van der Waals surface area contributed by atoms with Crippen molar-refractivity contribution in [2.45, 2.75) is 12.5 Å². The Morgan fingerprint density at radius 2 is 1.90 bits per heavy atom. The van der Waals surface area contributed by atoms with Crippen LogP contribution in [0, 0.1) is 0 Å². The zero-order valence-electron chi connectivity index (χ0n) is 12.2. The number of aliphatic hydroxyl groups excluding tert-OH is 1. The lowest BCUT2D eigenvalue weighted by molar-refractivity contribution is 0.273. The summed E-state index contributed by atoms with van der Waals surface area (Å²) < 4.78 is 5.33. The second-order valence-electron chi connectivity index (χ2n) is 4.57. The maximum atomic E-state index is 9.58. The van der Waals surface area contributed by atoms with Gasteiger partial charge in [0.25, 0.3) is 0 Å². The van der Waals surface area contributed by atoms with Crippen molar-refractivity contribution in [3.05, 3.63) is 42.2 Å². The Balaban J connectivity index is 2.15. The molecule has 0 aliphatic rings. The molecule has 0 saturated heterocycles. The molecule has 0 radical (unpaired) electrons. The fraction of sp³-hybridized carbons (Fsp3) is 0.333. The monoisotopic (exact) mass is 288 g/mol. The second-order valence-corrected chi connectivity index (χ2v) is 4.57. The van der Waals surface area contributed by atoms with E-state index in [0.717, 1.165) is 5.56 Å². The zero-order valence-corrected chi connectivity index (χ0v) is 12.2. The van der Waals surface area contributed by atoms with E-state index in [-0.39, 0.29) is 12.6 Å². The molecule has 1 atom stereocenters. The number of rotatable bonds is 7. The van der Waals surface area contributed by atoms with Crippen molar-refractivity contribution < 1.29 is 9.84 Å². The summed E-state index contributed by atoms with van der Waals surface area (Å²) in [5.74, 6) is 1.70. The summed E-state index contributed by atoms with van der Waals surface area (Å²) in [5.41, 5.74) is 1.14. The van der Waals surface area contributed by atoms with Crippen LogP contribution in [0.25, 0.3) is 0 Å². The Kier molecular flexibility index (Phi) is 5.34. The van der Waals surface area contributed by atoms with Crippen LogP contribution >= 0.6 is 0 Å². The fourth-order valence-electron chi connectivity index (χ4n) is 2.10. The Morgan fingerprint density at radius 3 is 2.52 bits per heavy atom. The molecule has 0 bridgehead atoms. The maximum absolute atomic E-state index is 9.58. The highest BCUT2D eigenvalue weighted by molar-refractivity contribution is 5.63. The van der Waals surface area contributed by atoms with Crippen LogP contribution in [0.5, 0.6) is 5.75 Å². The third kappa shape index (κ3) is 3.82. The number of nitrogens with zero attached hydrogens (tertiary/aromatic N) is 2. The number of ether oxygens (including phenoxy) is 1. The van der Waals surface area contributed by atoms with Gasteiger partial charge in [-0.05, 0) is 12.0 Å². The van der Waals surface area contributed by atoms with Gasteiger partial charge in [-0.2, -0.15) is 0 Å². The minimum Gasteiger partial charge on any atom is -0.490 e. The van der Waals surface area contributed by atoms with Crippen molar-refractivity contribution in [2.24, 2.45) is 0 Å². The highest BCUT2D eigenvalue weighted by atomic mass is 16.5. The third-order valence-electron chi connectivity index (χ3n) is 3.13. The molecule has 21 heavy (non-hydrogen) atoms. The molecule has 2 aromatic rings. The summed E-state index contributed by atoms with van der Waals surface area (Å²) in [6.07, 6.45) is 2.15. The SMILES string of the molecule is CNc1ncnc(NC(CO)Cc2ccccc2)c1OC. The van der Waals surface area contributed by atoms with Crippen molar-refractivity contribution in [1.82, 2.24) is 9.97 Å². The first-order valence-electron chi connectivity index (χ1n) is 6.76. The molecule has 2 rings (SSSR count). The third-order valence-corrected chi connectivity index (χ3v) is 3.13. The molecule has 0 amide bonds. The number of benzene rings is 1. The predicted molar refractivity (Wildman–Crippen MR) is 82.8 cm³/mol. The number of anilines is 2. The van der Waals surface area contributed by atoms with E-state index in [4.69, 9.17) is 4.74 Å². The van der Waals surface area contributed by atoms with Gasteiger partial charge in [0.2, 0.25) is 5.75 Å². The van der Waals surface area contributed by atoms with Crippen molar-refractivity contribution in [3.8, 4) is 5.75 Å². The van der Waals surface area contributed by atoms with Crippen molar-refractivity contribution in [1.29, 1.82) is 0 Å². The molecule has 6 nitrogen and oxygen atoms in total. The maximum Gasteiger partial charge on any atom is 0.204 e. The number of methoxy groups -OCH3 is 1. The first kappa shape index (κ1) is 15.1. The van der Waals surface area contributed by atoms with Gasteiger partial charge in [-0.25, -0.2) is 9.97 Å². The fourth-order valence-corrected chi connectivity index (χ4v) is 2.10. The largest absolute Gasteiger partial charge is 0.490 e. The summed E-state index contributed by atoms with van der Waals surface area (Å²) in [7, 11) is 3.33. The van der Waals surface area contributed by atoms with E-state index < -0.39 is 0 Å². The molecule has 0 aliphatic carbocycles. The number of aliphatic hydroxyl groups is 1. The highest BCUT2D eigenvalue weighted by Crippen LogP contribution is 2.29. The van der Waals surface area contributed by atoms with Crippen LogP contribution in [-0.2, 0) is 6.42 Å². The molecule has 0 spiro atoms. The topological polar surface area (TPSA) is 79.3 Å². The normalized spacial score (nSPS) is 11.8. The first-order valence-corrected chi connectivity index (χ1v) is 6.76. The smallest absolute Gasteiger partial charge is 0.204 e. The molecule has 1 unspecified atom stereocenters. The van der Waals surface area contributed by atoms with Crippen LogP contribution in [0.15, 0.2) is 36.7 Å². The van der Waals surface area contributed by atoms with Gasteiger partial charge in [0.15, 0.2) is 11.6 Å². The lowest BCUT2D eigenvalue weighted by atomic mass is 10.1. The van der Waals surface area contributed by atoms with E-state index in [1.165, 1.54) is 6.33 Å². The van der Waals surface area contributed by atoms with Crippen LogP contribution in [0.2, 0.25) is 0 Å². The Labute approximate surface area is 124 Å². The molecule has 0 fully saturated rings. The van der Waals surface area contributed by atoms with Gasteiger partial charge in [0.05, 0.1) is 19.8 Å². The van der Waals surface area contributed by atoms with Gasteiger partial charge in [-0.1, -0.05) is 30.3 Å². The molecule has 1 aromatic heterocycles. The number of hydrogen-bond donors (Lipinski definition) is 3. The van der Waals surface area contributed by atoms with Crippen LogP contribution in [0.1, 0.15) is 5.56 Å². The van der Waals surface area contributed by atoms with E-state index in [1.54, 1.807) is 14.2 Å². The van der Waals surface area contributed by atoms with Crippen LogP contribution in [-0.4, -0.2) is 41.9 Å². The molecule has 1 heterocycles. The summed E-state index contributed by atoms with van der Waals surface area (Å²) in [6, 6.07) is 9.84. The molecular formula is C15H20N4O2. The molecule has 1 aromatic carbocycles. The molecule has 112 valence electrons. The summed E-state index contributed by atoms with van der Waals surface area (Å²) >= 11 is 0. The average molecular weight is 288 g/mol. The Hall–Kier alpha value is -2.34. The van der Waals surface area contributed by atoms with E-state index in [0.29, 0.717) is 23.8 Å². The second kappa shape index (κ2) is 7.44. The standard InChI is InChI=1S/C15H20N4O2/c1-16-14-13(21-2)15(18-10-17-14)19-12(9-20)8-11-6-4-3-5-7-11/h3-7,10,12,20H,8-9H2,1-2H3,(H2,16,17,18,19). The van der Waals surface area contributed by atoms with Gasteiger partial charge in [0, 0.05) is 7.05 Å². The van der Waals surface area contributed by atoms with Gasteiger partial charge in [0.1, 0.15) is 6.33 Å². The van der Waals surface area contributed by atoms with Crippen LogP contribution in [0.3, 0.4) is 0 Å². The Morgan fingerprint density at radius 1 is 1.19 bits per heavy atom. The van der Waals surface area contributed by atoms with E-state index in [1.807, 2.05) is 30.3 Å². The summed E-state index contributed by atoms with van der Waals surface area (Å²) in [6.45, 7) is -0.00304. The van der Waals surface area contributed by atoms with Gasteiger partial charge in [-0.3, -0.25) is 0 Å². The minimum absolute atomic E-state index is 0.00304. The quantitative estimate of drug-likeness (QED) is 0.717. The number of nitrogens with one attached hydrogen (secondary N) is 2. The highest BCUT2D eigenvalue weighted by Gasteiger charge is 2.15. The average Bonchev–Trinajstić information content (AvgIpc) is 2.54. The van der Waals surface area contributed by atoms with Gasteiger partial charge in [-0.15, -0.1) is 0 Å². The predicted octanol–water partition coefficient (Wildman–Crippen LogP) is 1.54. The van der Waals surface area contributed by atoms with E-state index >= 15 is 0 Å². The van der Waals surface area contributed by atoms with Gasteiger partial charge < -0.3 is 20.5 Å². The van der Waals surface area contributed by atoms with Gasteiger partial charge >= 0.3 is 0 Å².